The van der Waals surface area contributed by atoms with Crippen molar-refractivity contribution in [2.24, 2.45) is 0 Å². The van der Waals surface area contributed by atoms with Crippen molar-refractivity contribution in [2.75, 3.05) is 14.2 Å². The van der Waals surface area contributed by atoms with Crippen LogP contribution in [0.1, 0.15) is 12.5 Å². The molecule has 0 unspecified atom stereocenters. The fourth-order valence-corrected chi connectivity index (χ4v) is 1.56. The smallest absolute Gasteiger partial charge is 0.364 e. The van der Waals surface area contributed by atoms with E-state index in [-0.39, 0.29) is 12.0 Å². The van der Waals surface area contributed by atoms with Gasteiger partial charge in [0.25, 0.3) is 0 Å². The average Bonchev–Trinajstić information content (AvgIpc) is 2.37. The molecule has 1 aromatic rings. The Labute approximate surface area is 105 Å². The summed E-state index contributed by atoms with van der Waals surface area (Å²) in [5.74, 6) is -1.57. The average molecular weight is 254 g/mol. The van der Waals surface area contributed by atoms with Gasteiger partial charge in [-0.3, -0.25) is 0 Å². The maximum absolute atomic E-state index is 13.2. The maximum atomic E-state index is 13.2. The van der Waals surface area contributed by atoms with Gasteiger partial charge in [0.15, 0.2) is 11.5 Å². The highest BCUT2D eigenvalue weighted by molar-refractivity contribution is 5.84. The maximum Gasteiger partial charge on any atom is 0.364 e. The minimum Gasteiger partial charge on any atom is -0.493 e. The first-order valence-corrected chi connectivity index (χ1v) is 5.29. The second kappa shape index (κ2) is 6.05. The van der Waals surface area contributed by atoms with Crippen molar-refractivity contribution < 1.29 is 23.8 Å². The second-order valence-corrected chi connectivity index (χ2v) is 3.77. The van der Waals surface area contributed by atoms with E-state index in [9.17, 15) is 9.18 Å². The zero-order valence-electron chi connectivity index (χ0n) is 10.5. The Morgan fingerprint density at radius 2 is 1.89 bits per heavy atom. The molecule has 4 nitrogen and oxygen atoms in total. The molecular weight excluding hydrogens is 239 g/mol. The van der Waals surface area contributed by atoms with E-state index in [4.69, 9.17) is 14.6 Å². The Bertz CT molecular complexity index is 480. The number of ether oxygens (including phenoxy) is 2. The quantitative estimate of drug-likeness (QED) is 0.820. The van der Waals surface area contributed by atoms with Crippen molar-refractivity contribution >= 4 is 5.97 Å². The number of halogens is 1. The molecule has 0 radical (unpaired) electrons. The van der Waals surface area contributed by atoms with Crippen molar-refractivity contribution in [3.8, 4) is 11.5 Å². The number of carboxylic acid groups (broad SMARTS) is 1. The van der Waals surface area contributed by atoms with E-state index in [1.54, 1.807) is 18.2 Å². The third-order valence-corrected chi connectivity index (χ3v) is 2.48. The van der Waals surface area contributed by atoms with E-state index in [1.807, 2.05) is 0 Å². The topological polar surface area (TPSA) is 55.8 Å². The number of rotatable bonds is 5. The highest BCUT2D eigenvalue weighted by Gasteiger charge is 2.12. The van der Waals surface area contributed by atoms with E-state index < -0.39 is 11.8 Å². The molecule has 18 heavy (non-hydrogen) atoms. The standard InChI is InChI=1S/C13H15FO4/c1-8(12(14)13(15)16)6-9-4-5-10(17-2)11(7-9)18-3/h4-5,7H,6H2,1-3H3,(H,15,16). The first-order chi connectivity index (χ1) is 8.49. The first kappa shape index (κ1) is 14.0. The fourth-order valence-electron chi connectivity index (χ4n) is 1.56. The molecule has 0 heterocycles. The van der Waals surface area contributed by atoms with Crippen LogP contribution in [0, 0.1) is 0 Å². The highest BCUT2D eigenvalue weighted by atomic mass is 19.1. The zero-order chi connectivity index (χ0) is 13.7. The van der Waals surface area contributed by atoms with Crippen LogP contribution in [0.4, 0.5) is 4.39 Å². The van der Waals surface area contributed by atoms with Gasteiger partial charge in [-0.25, -0.2) is 4.79 Å². The van der Waals surface area contributed by atoms with Crippen LogP contribution < -0.4 is 9.47 Å². The van der Waals surface area contributed by atoms with Gasteiger partial charge in [0.05, 0.1) is 14.2 Å². The van der Waals surface area contributed by atoms with Gasteiger partial charge in [-0.2, -0.15) is 4.39 Å². The molecule has 0 aliphatic carbocycles. The third-order valence-electron chi connectivity index (χ3n) is 2.48. The number of carboxylic acids is 1. The molecule has 0 aliphatic rings. The second-order valence-electron chi connectivity index (χ2n) is 3.77. The number of hydrogen-bond acceptors (Lipinski definition) is 3. The van der Waals surface area contributed by atoms with Gasteiger partial charge in [0.1, 0.15) is 0 Å². The lowest BCUT2D eigenvalue weighted by atomic mass is 10.1. The Balaban J connectivity index is 2.99. The Morgan fingerprint density at radius 1 is 1.28 bits per heavy atom. The summed E-state index contributed by atoms with van der Waals surface area (Å²) in [4.78, 5) is 10.5. The van der Waals surface area contributed by atoms with Gasteiger partial charge in [-0.1, -0.05) is 6.07 Å². The minimum absolute atomic E-state index is 0.162. The molecule has 0 amide bonds. The molecule has 0 fully saturated rings. The first-order valence-electron chi connectivity index (χ1n) is 5.29. The predicted octanol–water partition coefficient (Wildman–Crippen LogP) is 2.57. The minimum atomic E-state index is -1.55. The summed E-state index contributed by atoms with van der Waals surface area (Å²) in [6, 6.07) is 5.12. The van der Waals surface area contributed by atoms with Gasteiger partial charge in [-0.15, -0.1) is 0 Å². The third kappa shape index (κ3) is 3.23. The van der Waals surface area contributed by atoms with Crippen LogP contribution in [0.25, 0.3) is 0 Å². The van der Waals surface area contributed by atoms with Crippen LogP contribution in [0.5, 0.6) is 11.5 Å². The van der Waals surface area contributed by atoms with Crippen LogP contribution in [-0.4, -0.2) is 25.3 Å². The Morgan fingerprint density at radius 3 is 2.39 bits per heavy atom. The van der Waals surface area contributed by atoms with Crippen molar-refractivity contribution in [3.05, 3.63) is 35.2 Å². The van der Waals surface area contributed by atoms with Gasteiger partial charge in [-0.05, 0) is 36.6 Å². The van der Waals surface area contributed by atoms with E-state index in [1.165, 1.54) is 21.1 Å². The van der Waals surface area contributed by atoms with Crippen molar-refractivity contribution in [1.29, 1.82) is 0 Å². The van der Waals surface area contributed by atoms with E-state index >= 15 is 0 Å². The van der Waals surface area contributed by atoms with Gasteiger partial charge < -0.3 is 14.6 Å². The van der Waals surface area contributed by atoms with Crippen molar-refractivity contribution in [3.63, 3.8) is 0 Å². The number of hydrogen-bond donors (Lipinski definition) is 1. The zero-order valence-corrected chi connectivity index (χ0v) is 10.5. The predicted molar refractivity (Wildman–Crippen MR) is 64.7 cm³/mol. The molecule has 1 N–H and O–H groups in total. The lowest BCUT2D eigenvalue weighted by Crippen LogP contribution is -2.00. The summed E-state index contributed by atoms with van der Waals surface area (Å²) < 4.78 is 23.3. The Kier molecular flexibility index (Phi) is 4.71. The summed E-state index contributed by atoms with van der Waals surface area (Å²) in [5.41, 5.74) is 0.913. The van der Waals surface area contributed by atoms with Gasteiger partial charge >= 0.3 is 5.97 Å². The lowest BCUT2D eigenvalue weighted by molar-refractivity contribution is -0.134. The van der Waals surface area contributed by atoms with Crippen LogP contribution in [0.3, 0.4) is 0 Å². The van der Waals surface area contributed by atoms with Crippen molar-refractivity contribution in [2.45, 2.75) is 13.3 Å². The molecule has 0 aliphatic heterocycles. The van der Waals surface area contributed by atoms with Gasteiger partial charge in [0, 0.05) is 0 Å². The number of methoxy groups -OCH3 is 2. The summed E-state index contributed by atoms with van der Waals surface area (Å²) in [6.45, 7) is 1.44. The summed E-state index contributed by atoms with van der Waals surface area (Å²) >= 11 is 0. The molecule has 5 heteroatoms. The molecular formula is C13H15FO4. The SMILES string of the molecule is COc1ccc(CC(C)=C(F)C(=O)O)cc1OC. The van der Waals surface area contributed by atoms with Crippen molar-refractivity contribution in [1.82, 2.24) is 0 Å². The molecule has 98 valence electrons. The molecule has 0 saturated heterocycles. The summed E-state index contributed by atoms with van der Waals surface area (Å²) in [5, 5.41) is 8.54. The van der Waals surface area contributed by atoms with Crippen LogP contribution in [0.15, 0.2) is 29.6 Å². The number of allylic oxidation sites excluding steroid dienone is 1. The molecule has 0 atom stereocenters. The molecule has 0 aromatic heterocycles. The van der Waals surface area contributed by atoms with Crippen LogP contribution in [0.2, 0.25) is 0 Å². The van der Waals surface area contributed by atoms with Crippen LogP contribution in [-0.2, 0) is 11.2 Å². The van der Waals surface area contributed by atoms with Gasteiger partial charge in [0.2, 0.25) is 5.83 Å². The van der Waals surface area contributed by atoms with Crippen LogP contribution >= 0.6 is 0 Å². The van der Waals surface area contributed by atoms with E-state index in [0.717, 1.165) is 5.56 Å². The number of benzene rings is 1. The lowest BCUT2D eigenvalue weighted by Gasteiger charge is -2.09. The van der Waals surface area contributed by atoms with E-state index in [2.05, 4.69) is 0 Å². The molecule has 0 saturated carbocycles. The molecule has 0 bridgehead atoms. The summed E-state index contributed by atoms with van der Waals surface area (Å²) in [6.07, 6.45) is 0.207. The largest absolute Gasteiger partial charge is 0.493 e. The monoisotopic (exact) mass is 254 g/mol. The molecule has 1 rings (SSSR count). The molecule has 1 aromatic carbocycles. The normalized spacial score (nSPS) is 11.8. The Hall–Kier alpha value is -2.04. The fraction of sp³-hybridized carbons (Fsp3) is 0.308. The number of carbonyl (C=O) groups is 1. The summed E-state index contributed by atoms with van der Waals surface area (Å²) in [7, 11) is 3.02. The van der Waals surface area contributed by atoms with E-state index in [0.29, 0.717) is 11.5 Å². The highest BCUT2D eigenvalue weighted by Crippen LogP contribution is 2.28. The molecule has 0 spiro atoms. The number of aliphatic carboxylic acids is 1.